The SMILES string of the molecule is CCNC(=O)[C@@H](Cc1ccccc1)N(Cc1cccc(C)c1)C(=O)CN(c1ccccc1C(C)C)S(C)(=O)=O. The number of nitrogens with one attached hydrogen (secondary N) is 1. The van der Waals surface area contributed by atoms with E-state index >= 15 is 0 Å². The molecule has 3 aromatic carbocycles. The molecule has 0 saturated carbocycles. The van der Waals surface area contributed by atoms with E-state index in [2.05, 4.69) is 5.32 Å². The largest absolute Gasteiger partial charge is 0.355 e. The highest BCUT2D eigenvalue weighted by Crippen LogP contribution is 2.29. The van der Waals surface area contributed by atoms with Crippen LogP contribution in [-0.4, -0.2) is 50.5 Å². The zero-order chi connectivity index (χ0) is 28.6. The number of hydrogen-bond acceptors (Lipinski definition) is 4. The first-order valence-corrected chi connectivity index (χ1v) is 15.1. The van der Waals surface area contributed by atoms with Crippen molar-refractivity contribution in [2.45, 2.75) is 52.6 Å². The number of amides is 2. The maximum atomic E-state index is 14.1. The highest BCUT2D eigenvalue weighted by atomic mass is 32.2. The van der Waals surface area contributed by atoms with Crippen LogP contribution in [-0.2, 0) is 32.6 Å². The topological polar surface area (TPSA) is 86.8 Å². The molecule has 0 radical (unpaired) electrons. The normalized spacial score (nSPS) is 12.2. The minimum absolute atomic E-state index is 0.0464. The standard InChI is InChI=1S/C31H39N3O4S/c1-6-32-31(36)29(20-25-14-8-7-9-15-25)33(21-26-16-12-13-24(4)19-26)30(35)22-34(39(5,37)38)28-18-11-10-17-27(28)23(2)3/h7-19,23,29H,6,20-22H2,1-5H3,(H,32,36)/t29-/m1/s1. The van der Waals surface area contributed by atoms with E-state index in [-0.39, 0.29) is 18.4 Å². The molecule has 0 spiro atoms. The smallest absolute Gasteiger partial charge is 0.244 e. The molecule has 1 atom stereocenters. The molecule has 0 aliphatic heterocycles. The minimum atomic E-state index is -3.81. The van der Waals surface area contributed by atoms with Gasteiger partial charge in [-0.1, -0.05) is 92.2 Å². The van der Waals surface area contributed by atoms with Crippen molar-refractivity contribution >= 4 is 27.5 Å². The predicted octanol–water partition coefficient (Wildman–Crippen LogP) is 4.66. The monoisotopic (exact) mass is 549 g/mol. The van der Waals surface area contributed by atoms with Crippen molar-refractivity contribution in [3.63, 3.8) is 0 Å². The van der Waals surface area contributed by atoms with E-state index in [1.165, 1.54) is 4.90 Å². The third-order valence-electron chi connectivity index (χ3n) is 6.56. The molecule has 0 aliphatic rings. The van der Waals surface area contributed by atoms with Gasteiger partial charge in [0, 0.05) is 19.5 Å². The Hall–Kier alpha value is -3.65. The van der Waals surface area contributed by atoms with Crippen LogP contribution in [0.15, 0.2) is 78.9 Å². The Morgan fingerprint density at radius 1 is 0.897 bits per heavy atom. The van der Waals surface area contributed by atoms with Crippen molar-refractivity contribution in [1.82, 2.24) is 10.2 Å². The molecule has 0 aliphatic carbocycles. The van der Waals surface area contributed by atoms with Gasteiger partial charge in [0.05, 0.1) is 11.9 Å². The Morgan fingerprint density at radius 2 is 1.54 bits per heavy atom. The molecular weight excluding hydrogens is 510 g/mol. The molecule has 3 aromatic rings. The zero-order valence-corrected chi connectivity index (χ0v) is 24.2. The van der Waals surface area contributed by atoms with Gasteiger partial charge in [-0.05, 0) is 42.5 Å². The molecule has 0 saturated heterocycles. The van der Waals surface area contributed by atoms with Crippen LogP contribution in [0.5, 0.6) is 0 Å². The number of anilines is 1. The van der Waals surface area contributed by atoms with Gasteiger partial charge in [0.25, 0.3) is 0 Å². The quantitative estimate of drug-likeness (QED) is 0.356. The summed E-state index contributed by atoms with van der Waals surface area (Å²) in [6.07, 6.45) is 1.40. The van der Waals surface area contributed by atoms with E-state index in [0.717, 1.165) is 32.8 Å². The predicted molar refractivity (Wildman–Crippen MR) is 157 cm³/mol. The van der Waals surface area contributed by atoms with Crippen LogP contribution < -0.4 is 9.62 Å². The van der Waals surface area contributed by atoms with Crippen molar-refractivity contribution in [3.05, 3.63) is 101 Å². The van der Waals surface area contributed by atoms with Crippen molar-refractivity contribution < 1.29 is 18.0 Å². The number of nitrogens with zero attached hydrogens (tertiary/aromatic N) is 2. The maximum absolute atomic E-state index is 14.1. The second kappa shape index (κ2) is 13.4. The lowest BCUT2D eigenvalue weighted by atomic mass is 10.0. The Balaban J connectivity index is 2.08. The third-order valence-corrected chi connectivity index (χ3v) is 7.69. The first-order valence-electron chi connectivity index (χ1n) is 13.2. The lowest BCUT2D eigenvalue weighted by Gasteiger charge is -2.34. The van der Waals surface area contributed by atoms with Gasteiger partial charge in [-0.25, -0.2) is 8.42 Å². The minimum Gasteiger partial charge on any atom is -0.355 e. The maximum Gasteiger partial charge on any atom is 0.244 e. The van der Waals surface area contributed by atoms with Crippen molar-refractivity contribution in [1.29, 1.82) is 0 Å². The molecule has 0 heterocycles. The average Bonchev–Trinajstić information content (AvgIpc) is 2.89. The highest BCUT2D eigenvalue weighted by Gasteiger charge is 2.33. The van der Waals surface area contributed by atoms with Crippen LogP contribution in [0.3, 0.4) is 0 Å². The van der Waals surface area contributed by atoms with Crippen molar-refractivity contribution in [2.75, 3.05) is 23.7 Å². The number of benzene rings is 3. The summed E-state index contributed by atoms with van der Waals surface area (Å²) in [6, 6.07) is 23.7. The summed E-state index contributed by atoms with van der Waals surface area (Å²) in [5.41, 5.74) is 4.09. The molecule has 7 nitrogen and oxygen atoms in total. The first-order chi connectivity index (χ1) is 18.5. The molecule has 39 heavy (non-hydrogen) atoms. The van der Waals surface area contributed by atoms with Crippen molar-refractivity contribution in [2.24, 2.45) is 0 Å². The summed E-state index contributed by atoms with van der Waals surface area (Å²) >= 11 is 0. The highest BCUT2D eigenvalue weighted by molar-refractivity contribution is 7.92. The summed E-state index contributed by atoms with van der Waals surface area (Å²) < 4.78 is 27.2. The number of likely N-dealkylation sites (N-methyl/N-ethyl adjacent to an activating group) is 1. The second-order valence-electron chi connectivity index (χ2n) is 10.1. The number of carbonyl (C=O) groups is 2. The van der Waals surface area contributed by atoms with Crippen LogP contribution in [0.25, 0.3) is 0 Å². The van der Waals surface area contributed by atoms with E-state index in [1.807, 2.05) is 94.4 Å². The Bertz CT molecular complexity index is 1370. The van der Waals surface area contributed by atoms with E-state index < -0.39 is 28.5 Å². The number of rotatable bonds is 12. The second-order valence-corrected chi connectivity index (χ2v) is 12.0. The molecule has 0 unspecified atom stereocenters. The fraction of sp³-hybridized carbons (Fsp3) is 0.355. The van der Waals surface area contributed by atoms with Crippen LogP contribution >= 0.6 is 0 Å². The van der Waals surface area contributed by atoms with Gasteiger partial charge in [0.2, 0.25) is 21.8 Å². The summed E-state index contributed by atoms with van der Waals surface area (Å²) in [5, 5.41) is 2.87. The van der Waals surface area contributed by atoms with Crippen LogP contribution in [0, 0.1) is 6.92 Å². The number of carbonyl (C=O) groups excluding carboxylic acids is 2. The average molecular weight is 550 g/mol. The van der Waals surface area contributed by atoms with E-state index in [0.29, 0.717) is 18.7 Å². The Labute approximate surface area is 232 Å². The third kappa shape index (κ3) is 8.17. The zero-order valence-electron chi connectivity index (χ0n) is 23.4. The molecule has 0 fully saturated rings. The summed E-state index contributed by atoms with van der Waals surface area (Å²) in [6.45, 7) is 7.92. The molecule has 3 rings (SSSR count). The van der Waals surface area contributed by atoms with E-state index in [1.54, 1.807) is 12.1 Å². The Morgan fingerprint density at radius 3 is 2.15 bits per heavy atom. The molecular formula is C31H39N3O4S. The summed E-state index contributed by atoms with van der Waals surface area (Å²) in [4.78, 5) is 29.1. The number of para-hydroxylation sites is 1. The van der Waals surface area contributed by atoms with Crippen molar-refractivity contribution in [3.8, 4) is 0 Å². The van der Waals surface area contributed by atoms with Gasteiger partial charge < -0.3 is 10.2 Å². The van der Waals surface area contributed by atoms with Gasteiger partial charge in [-0.2, -0.15) is 0 Å². The lowest BCUT2D eigenvalue weighted by molar-refractivity contribution is -0.140. The molecule has 1 N–H and O–H groups in total. The van der Waals surface area contributed by atoms with Gasteiger partial charge in [0.1, 0.15) is 12.6 Å². The van der Waals surface area contributed by atoms with Crippen LogP contribution in [0.2, 0.25) is 0 Å². The molecule has 0 aromatic heterocycles. The summed E-state index contributed by atoms with van der Waals surface area (Å²) in [5.74, 6) is -0.686. The number of sulfonamides is 1. The van der Waals surface area contributed by atoms with E-state index in [4.69, 9.17) is 0 Å². The van der Waals surface area contributed by atoms with Crippen LogP contribution in [0.1, 0.15) is 48.9 Å². The first kappa shape index (κ1) is 29.9. The fourth-order valence-corrected chi connectivity index (χ4v) is 5.52. The Kier molecular flexibility index (Phi) is 10.3. The van der Waals surface area contributed by atoms with Gasteiger partial charge >= 0.3 is 0 Å². The molecule has 2 amide bonds. The number of aryl methyl sites for hydroxylation is 1. The van der Waals surface area contributed by atoms with E-state index in [9.17, 15) is 18.0 Å². The van der Waals surface area contributed by atoms with Gasteiger partial charge in [0.15, 0.2) is 0 Å². The lowest BCUT2D eigenvalue weighted by Crippen LogP contribution is -2.53. The number of hydrogen-bond donors (Lipinski definition) is 1. The van der Waals surface area contributed by atoms with Crippen LogP contribution in [0.4, 0.5) is 5.69 Å². The van der Waals surface area contributed by atoms with Gasteiger partial charge in [-0.3, -0.25) is 13.9 Å². The van der Waals surface area contributed by atoms with Gasteiger partial charge in [-0.15, -0.1) is 0 Å². The molecule has 0 bridgehead atoms. The molecule has 208 valence electrons. The summed E-state index contributed by atoms with van der Waals surface area (Å²) in [7, 11) is -3.81. The fourth-order valence-electron chi connectivity index (χ4n) is 4.65. The molecule has 8 heteroatoms.